The van der Waals surface area contributed by atoms with Gasteiger partial charge in [-0.25, -0.2) is 14.0 Å². The maximum absolute atomic E-state index is 13.1. The Labute approximate surface area is 124 Å². The molecule has 2 aromatic carbocycles. The molecule has 2 aromatic rings. The summed E-state index contributed by atoms with van der Waals surface area (Å²) < 4.78 is 13.1. The number of rotatable bonds is 3. The van der Waals surface area contributed by atoms with Crippen LogP contribution in [0.1, 0.15) is 10.4 Å². The van der Waals surface area contributed by atoms with Crippen molar-refractivity contribution in [3.05, 3.63) is 58.9 Å². The highest BCUT2D eigenvalue weighted by Gasteiger charge is 2.08. The lowest BCUT2D eigenvalue weighted by Gasteiger charge is -2.09. The van der Waals surface area contributed by atoms with Crippen LogP contribution in [0.5, 0.6) is 0 Å². The van der Waals surface area contributed by atoms with E-state index in [0.29, 0.717) is 5.69 Å². The lowest BCUT2D eigenvalue weighted by atomic mass is 10.2. The molecule has 0 fully saturated rings. The van der Waals surface area contributed by atoms with Crippen LogP contribution in [-0.4, -0.2) is 17.1 Å². The summed E-state index contributed by atoms with van der Waals surface area (Å²) in [6, 6.07) is 8.57. The van der Waals surface area contributed by atoms with Crippen LogP contribution in [-0.2, 0) is 0 Å². The Hall–Kier alpha value is -2.60. The second kappa shape index (κ2) is 6.23. The first kappa shape index (κ1) is 14.8. The van der Waals surface area contributed by atoms with Gasteiger partial charge in [-0.05, 0) is 42.5 Å². The number of anilines is 2. The monoisotopic (exact) mass is 308 g/mol. The smallest absolute Gasteiger partial charge is 0.335 e. The molecular weight excluding hydrogens is 299 g/mol. The Bertz CT molecular complexity index is 689. The summed E-state index contributed by atoms with van der Waals surface area (Å²) in [7, 11) is 0. The number of carboxylic acid groups (broad SMARTS) is 1. The molecule has 7 heteroatoms. The van der Waals surface area contributed by atoms with Gasteiger partial charge in [0.15, 0.2) is 0 Å². The molecule has 0 unspecified atom stereocenters. The van der Waals surface area contributed by atoms with Gasteiger partial charge < -0.3 is 15.7 Å². The molecule has 0 aromatic heterocycles. The molecule has 0 aliphatic heterocycles. The molecule has 5 nitrogen and oxygen atoms in total. The lowest BCUT2D eigenvalue weighted by molar-refractivity contribution is 0.0697. The van der Waals surface area contributed by atoms with Crippen molar-refractivity contribution in [3.8, 4) is 0 Å². The number of hydrogen-bond donors (Lipinski definition) is 3. The van der Waals surface area contributed by atoms with Gasteiger partial charge in [0.05, 0.1) is 16.3 Å². The first-order valence-corrected chi connectivity index (χ1v) is 6.20. The number of aromatic carboxylic acids is 1. The van der Waals surface area contributed by atoms with Gasteiger partial charge >= 0.3 is 12.0 Å². The lowest BCUT2D eigenvalue weighted by Crippen LogP contribution is -2.19. The molecule has 0 bridgehead atoms. The van der Waals surface area contributed by atoms with E-state index < -0.39 is 17.8 Å². The first-order valence-electron chi connectivity index (χ1n) is 5.82. The molecule has 108 valence electrons. The summed E-state index contributed by atoms with van der Waals surface area (Å²) in [4.78, 5) is 22.4. The zero-order valence-electron chi connectivity index (χ0n) is 10.6. The highest BCUT2D eigenvalue weighted by molar-refractivity contribution is 6.33. The average molecular weight is 309 g/mol. The maximum Gasteiger partial charge on any atom is 0.335 e. The Kier molecular flexibility index (Phi) is 4.39. The number of urea groups is 1. The molecule has 0 spiro atoms. The number of carbonyl (C=O) groups is 2. The summed E-state index contributed by atoms with van der Waals surface area (Å²) in [5, 5.41) is 13.8. The molecule has 0 heterocycles. The van der Waals surface area contributed by atoms with Gasteiger partial charge in [-0.2, -0.15) is 0 Å². The first-order chi connectivity index (χ1) is 9.95. The predicted octanol–water partition coefficient (Wildman–Crippen LogP) is 3.82. The van der Waals surface area contributed by atoms with Gasteiger partial charge in [0.1, 0.15) is 5.82 Å². The van der Waals surface area contributed by atoms with Crippen LogP contribution in [0, 0.1) is 5.82 Å². The molecule has 21 heavy (non-hydrogen) atoms. The van der Waals surface area contributed by atoms with Gasteiger partial charge in [-0.1, -0.05) is 11.6 Å². The standard InChI is InChI=1S/C14H10ClFN2O3/c15-11-6-3-9(16)7-12(11)18-14(21)17-10-4-1-8(2-5-10)13(19)20/h1-7H,(H,19,20)(H2,17,18,21). The minimum absolute atomic E-state index is 0.106. The quantitative estimate of drug-likeness (QED) is 0.806. The second-order valence-corrected chi connectivity index (χ2v) is 4.49. The van der Waals surface area contributed by atoms with Crippen LogP contribution < -0.4 is 10.6 Å². The van der Waals surface area contributed by atoms with Crippen LogP contribution in [0.3, 0.4) is 0 Å². The Balaban J connectivity index is 2.04. The summed E-state index contributed by atoms with van der Waals surface area (Å²) in [5.41, 5.74) is 0.635. The van der Waals surface area contributed by atoms with Gasteiger partial charge in [0.2, 0.25) is 0 Å². The Morgan fingerprint density at radius 2 is 1.71 bits per heavy atom. The Morgan fingerprint density at radius 1 is 1.05 bits per heavy atom. The third-order valence-electron chi connectivity index (χ3n) is 2.57. The van der Waals surface area contributed by atoms with Crippen molar-refractivity contribution in [1.29, 1.82) is 0 Å². The van der Waals surface area contributed by atoms with Gasteiger partial charge in [-0.15, -0.1) is 0 Å². The minimum Gasteiger partial charge on any atom is -0.478 e. The van der Waals surface area contributed by atoms with Crippen molar-refractivity contribution in [2.24, 2.45) is 0 Å². The van der Waals surface area contributed by atoms with Crippen molar-refractivity contribution in [1.82, 2.24) is 0 Å². The van der Waals surface area contributed by atoms with Crippen molar-refractivity contribution in [2.75, 3.05) is 10.6 Å². The zero-order valence-corrected chi connectivity index (χ0v) is 11.3. The number of hydrogen-bond acceptors (Lipinski definition) is 2. The third-order valence-corrected chi connectivity index (χ3v) is 2.90. The number of carbonyl (C=O) groups excluding carboxylic acids is 1. The van der Waals surface area contributed by atoms with E-state index in [1.165, 1.54) is 36.4 Å². The fraction of sp³-hybridized carbons (Fsp3) is 0. The van der Waals surface area contributed by atoms with Crippen molar-refractivity contribution in [3.63, 3.8) is 0 Å². The molecule has 2 rings (SSSR count). The van der Waals surface area contributed by atoms with E-state index in [-0.39, 0.29) is 16.3 Å². The van der Waals surface area contributed by atoms with Crippen LogP contribution >= 0.6 is 11.6 Å². The molecule has 0 atom stereocenters. The largest absolute Gasteiger partial charge is 0.478 e. The number of halogens is 2. The van der Waals surface area contributed by atoms with Gasteiger partial charge in [0.25, 0.3) is 0 Å². The summed E-state index contributed by atoms with van der Waals surface area (Å²) in [6.45, 7) is 0. The molecule has 0 aliphatic rings. The van der Waals surface area contributed by atoms with Crippen LogP contribution in [0.15, 0.2) is 42.5 Å². The third kappa shape index (κ3) is 3.93. The van der Waals surface area contributed by atoms with Gasteiger partial charge in [-0.3, -0.25) is 0 Å². The SMILES string of the molecule is O=C(Nc1ccc(C(=O)O)cc1)Nc1cc(F)ccc1Cl. The fourth-order valence-electron chi connectivity index (χ4n) is 1.57. The normalized spacial score (nSPS) is 10.0. The van der Waals surface area contributed by atoms with Crippen molar-refractivity contribution in [2.45, 2.75) is 0 Å². The number of benzene rings is 2. The second-order valence-electron chi connectivity index (χ2n) is 4.09. The van der Waals surface area contributed by atoms with Crippen LogP contribution in [0.4, 0.5) is 20.6 Å². The topological polar surface area (TPSA) is 78.4 Å². The van der Waals surface area contributed by atoms with E-state index >= 15 is 0 Å². The maximum atomic E-state index is 13.1. The van der Waals surface area contributed by atoms with Crippen molar-refractivity contribution < 1.29 is 19.1 Å². The molecular formula is C14H10ClFN2O3. The molecule has 0 radical (unpaired) electrons. The minimum atomic E-state index is -1.06. The molecule has 0 aliphatic carbocycles. The summed E-state index contributed by atoms with van der Waals surface area (Å²) in [6.07, 6.45) is 0. The highest BCUT2D eigenvalue weighted by Crippen LogP contribution is 2.22. The van der Waals surface area contributed by atoms with Crippen molar-refractivity contribution >= 4 is 35.0 Å². The summed E-state index contributed by atoms with van der Waals surface area (Å²) in [5.74, 6) is -1.59. The zero-order chi connectivity index (χ0) is 15.4. The van der Waals surface area contributed by atoms with Crippen LogP contribution in [0.2, 0.25) is 5.02 Å². The molecule has 2 amide bonds. The molecule has 0 saturated heterocycles. The van der Waals surface area contributed by atoms with E-state index in [9.17, 15) is 14.0 Å². The van der Waals surface area contributed by atoms with E-state index in [1.54, 1.807) is 0 Å². The average Bonchev–Trinajstić information content (AvgIpc) is 2.43. The fourth-order valence-corrected chi connectivity index (χ4v) is 1.74. The molecule has 3 N–H and O–H groups in total. The molecule has 0 saturated carbocycles. The Morgan fingerprint density at radius 3 is 2.33 bits per heavy atom. The van der Waals surface area contributed by atoms with E-state index in [0.717, 1.165) is 6.07 Å². The van der Waals surface area contributed by atoms with Crippen LogP contribution in [0.25, 0.3) is 0 Å². The number of nitrogens with one attached hydrogen (secondary N) is 2. The number of amides is 2. The van der Waals surface area contributed by atoms with E-state index in [1.807, 2.05) is 0 Å². The van der Waals surface area contributed by atoms with Gasteiger partial charge in [0, 0.05) is 5.69 Å². The number of carboxylic acids is 1. The van der Waals surface area contributed by atoms with E-state index in [4.69, 9.17) is 16.7 Å². The van der Waals surface area contributed by atoms with E-state index in [2.05, 4.69) is 10.6 Å². The highest BCUT2D eigenvalue weighted by atomic mass is 35.5. The predicted molar refractivity (Wildman–Crippen MR) is 77.5 cm³/mol. The summed E-state index contributed by atoms with van der Waals surface area (Å²) >= 11 is 5.82.